The van der Waals surface area contributed by atoms with Crippen LogP contribution < -0.4 is 10.0 Å². The molecule has 0 saturated heterocycles. The van der Waals surface area contributed by atoms with Crippen LogP contribution in [0, 0.1) is 0 Å². The maximum atomic E-state index is 14.1. The van der Waals surface area contributed by atoms with Crippen LogP contribution in [-0.4, -0.2) is 41.7 Å². The third-order valence-corrected chi connectivity index (χ3v) is 8.88. The smallest absolute Gasteiger partial charge is 0.209 e. The van der Waals surface area contributed by atoms with Gasteiger partial charge < -0.3 is 5.11 Å². The lowest BCUT2D eigenvalue weighted by molar-refractivity contribution is -0.849. The number of hydrogen-bond acceptors (Lipinski definition) is 2. The largest absolute Gasteiger partial charge is 0.872 e. The van der Waals surface area contributed by atoms with Crippen LogP contribution in [0.3, 0.4) is 0 Å². The number of para-hydroxylation sites is 2. The standard InChI is InChI=1S/C33H41N3O/c1-8-11-20-34-29-22(21-27-32(4,5)23-16-12-14-18-25(23)35(27)9-2)30(37)28(29)31-33(6,7)24-17-13-15-19-26(24)36(31)10-3/h12-19,21,31H,8-11,20H2,1-7H3/p+1/b22-21-. The van der Waals surface area contributed by atoms with E-state index in [1.54, 1.807) is 0 Å². The summed E-state index contributed by atoms with van der Waals surface area (Å²) in [6.07, 6.45) is 4.29. The van der Waals surface area contributed by atoms with E-state index < -0.39 is 0 Å². The normalized spacial score (nSPS) is 25.6. The van der Waals surface area contributed by atoms with Crippen molar-refractivity contribution in [3.8, 4) is 0 Å². The first kappa shape index (κ1) is 25.7. The van der Waals surface area contributed by atoms with Gasteiger partial charge in [0.15, 0.2) is 5.71 Å². The number of fused-ring (bicyclic) bond motifs is 2. The van der Waals surface area contributed by atoms with Gasteiger partial charge in [-0.05, 0) is 59.6 Å². The first-order valence-electron chi connectivity index (χ1n) is 14.1. The number of unbranched alkanes of at least 4 members (excludes halogenated alkanes) is 1. The molecule has 2 aliphatic heterocycles. The van der Waals surface area contributed by atoms with Crippen LogP contribution in [0.25, 0.3) is 0 Å². The number of rotatable bonds is 7. The molecule has 4 heteroatoms. The van der Waals surface area contributed by atoms with E-state index in [0.717, 1.165) is 49.3 Å². The molecule has 2 aromatic carbocycles. The third kappa shape index (κ3) is 3.75. The lowest BCUT2D eigenvalue weighted by Crippen LogP contribution is -3.11. The molecule has 1 N–H and O–H groups in total. The van der Waals surface area contributed by atoms with E-state index in [-0.39, 0.29) is 22.6 Å². The van der Waals surface area contributed by atoms with Crippen molar-refractivity contribution in [1.82, 2.24) is 0 Å². The van der Waals surface area contributed by atoms with E-state index in [1.807, 2.05) is 0 Å². The van der Waals surface area contributed by atoms with Gasteiger partial charge >= 0.3 is 0 Å². The zero-order valence-corrected chi connectivity index (χ0v) is 23.6. The van der Waals surface area contributed by atoms with Crippen LogP contribution >= 0.6 is 0 Å². The molecule has 0 aromatic heterocycles. The number of likely N-dealkylation sites (N-methyl/N-ethyl adjacent to an activating group) is 1. The first-order chi connectivity index (χ1) is 17.7. The van der Waals surface area contributed by atoms with Crippen LogP contribution in [0.4, 0.5) is 11.4 Å². The first-order valence-corrected chi connectivity index (χ1v) is 14.1. The molecule has 5 rings (SSSR count). The number of benzene rings is 2. The van der Waals surface area contributed by atoms with Gasteiger partial charge in [0.2, 0.25) is 5.69 Å². The number of aliphatic imine (C=N–C) groups is 1. The van der Waals surface area contributed by atoms with Crippen molar-refractivity contribution in [2.45, 2.75) is 78.2 Å². The van der Waals surface area contributed by atoms with Gasteiger partial charge in [-0.2, -0.15) is 4.58 Å². The SMILES string of the molecule is CCCCN=C1C(C2[NH+](CC)c3ccccc3C2(C)C)=C([O-])/C1=C\C1=[N+](CC)c2ccccc2C1(C)C. The molecule has 37 heavy (non-hydrogen) atoms. The molecule has 4 nitrogen and oxygen atoms in total. The second-order valence-corrected chi connectivity index (χ2v) is 11.7. The highest BCUT2D eigenvalue weighted by Gasteiger charge is 2.54. The summed E-state index contributed by atoms with van der Waals surface area (Å²) in [7, 11) is 0. The quantitative estimate of drug-likeness (QED) is 0.435. The highest BCUT2D eigenvalue weighted by Crippen LogP contribution is 2.45. The Balaban J connectivity index is 1.66. The average Bonchev–Trinajstić information content (AvgIpc) is 3.25. The number of nitrogens with one attached hydrogen (secondary N) is 1. The lowest BCUT2D eigenvalue weighted by atomic mass is 9.70. The molecule has 0 bridgehead atoms. The van der Waals surface area contributed by atoms with Crippen LogP contribution in [0.1, 0.15) is 72.4 Å². The summed E-state index contributed by atoms with van der Waals surface area (Å²) in [6.45, 7) is 18.3. The fourth-order valence-corrected chi connectivity index (χ4v) is 6.94. The Labute approximate surface area is 222 Å². The molecule has 2 aromatic rings. The molecule has 0 fully saturated rings. The summed E-state index contributed by atoms with van der Waals surface area (Å²) in [5.74, 6) is 0.183. The van der Waals surface area contributed by atoms with Crippen molar-refractivity contribution < 1.29 is 14.6 Å². The van der Waals surface area contributed by atoms with Gasteiger partial charge in [-0.3, -0.25) is 9.89 Å². The van der Waals surface area contributed by atoms with Crippen LogP contribution in [0.5, 0.6) is 0 Å². The molecule has 1 aliphatic carbocycles. The predicted molar refractivity (Wildman–Crippen MR) is 152 cm³/mol. The van der Waals surface area contributed by atoms with Crippen molar-refractivity contribution in [3.63, 3.8) is 0 Å². The zero-order valence-electron chi connectivity index (χ0n) is 23.6. The minimum Gasteiger partial charge on any atom is -0.872 e. The fourth-order valence-electron chi connectivity index (χ4n) is 6.94. The van der Waals surface area contributed by atoms with Gasteiger partial charge in [0, 0.05) is 35.4 Å². The van der Waals surface area contributed by atoms with Crippen molar-refractivity contribution in [2.75, 3.05) is 19.6 Å². The summed E-state index contributed by atoms with van der Waals surface area (Å²) in [5.41, 5.74) is 8.78. The van der Waals surface area contributed by atoms with E-state index in [1.165, 1.54) is 33.1 Å². The Bertz CT molecular complexity index is 1360. The maximum absolute atomic E-state index is 14.1. The summed E-state index contributed by atoms with van der Waals surface area (Å²) >= 11 is 0. The van der Waals surface area contributed by atoms with Gasteiger partial charge in [-0.15, -0.1) is 0 Å². The van der Waals surface area contributed by atoms with Crippen molar-refractivity contribution in [1.29, 1.82) is 0 Å². The van der Waals surface area contributed by atoms with Gasteiger partial charge in [0.25, 0.3) is 0 Å². The summed E-state index contributed by atoms with van der Waals surface area (Å²) in [4.78, 5) is 6.49. The minimum atomic E-state index is -0.173. The number of allylic oxidation sites excluding steroid dienone is 2. The topological polar surface area (TPSA) is 42.9 Å². The molecule has 2 heterocycles. The Kier molecular flexibility index (Phi) is 6.52. The van der Waals surface area contributed by atoms with E-state index in [0.29, 0.717) is 0 Å². The second-order valence-electron chi connectivity index (χ2n) is 11.7. The molecule has 3 aliphatic rings. The van der Waals surface area contributed by atoms with Gasteiger partial charge in [0.05, 0.1) is 23.1 Å². The van der Waals surface area contributed by atoms with Crippen molar-refractivity contribution in [2.24, 2.45) is 4.99 Å². The Hall–Kier alpha value is -2.98. The number of nitrogens with zero attached hydrogens (tertiary/aromatic N) is 2. The molecule has 0 radical (unpaired) electrons. The molecular formula is C33H42N3O+. The number of quaternary nitrogens is 1. The highest BCUT2D eigenvalue weighted by molar-refractivity contribution is 6.26. The van der Waals surface area contributed by atoms with Crippen molar-refractivity contribution in [3.05, 3.63) is 82.6 Å². The van der Waals surface area contributed by atoms with Gasteiger partial charge in [0.1, 0.15) is 18.3 Å². The third-order valence-electron chi connectivity index (χ3n) is 8.88. The zero-order chi connectivity index (χ0) is 26.5. The van der Waals surface area contributed by atoms with E-state index in [9.17, 15) is 5.11 Å². The molecule has 0 saturated carbocycles. The number of hydrogen-bond donors (Lipinski definition) is 1. The monoisotopic (exact) mass is 496 g/mol. The van der Waals surface area contributed by atoms with Crippen LogP contribution in [0.15, 0.2) is 76.5 Å². The molecule has 2 atom stereocenters. The van der Waals surface area contributed by atoms with Gasteiger partial charge in [-0.1, -0.05) is 55.5 Å². The highest BCUT2D eigenvalue weighted by atomic mass is 16.3. The van der Waals surface area contributed by atoms with Gasteiger partial charge in [-0.25, -0.2) is 0 Å². The predicted octanol–water partition coefficient (Wildman–Crippen LogP) is 4.77. The van der Waals surface area contributed by atoms with Crippen molar-refractivity contribution >= 4 is 22.8 Å². The summed E-state index contributed by atoms with van der Waals surface area (Å²) in [5, 5.41) is 14.1. The Morgan fingerprint density at radius 2 is 1.65 bits per heavy atom. The van der Waals surface area contributed by atoms with Crippen LogP contribution in [-0.2, 0) is 10.8 Å². The lowest BCUT2D eigenvalue weighted by Gasteiger charge is -2.42. The Morgan fingerprint density at radius 3 is 2.32 bits per heavy atom. The molecule has 0 amide bonds. The fraction of sp³-hybridized carbons (Fsp3) is 0.455. The molecule has 0 spiro atoms. The molecule has 194 valence electrons. The second kappa shape index (κ2) is 9.40. The van der Waals surface area contributed by atoms with E-state index >= 15 is 0 Å². The maximum Gasteiger partial charge on any atom is 0.209 e. The van der Waals surface area contributed by atoms with Crippen LogP contribution in [0.2, 0.25) is 0 Å². The summed E-state index contributed by atoms with van der Waals surface area (Å²) in [6, 6.07) is 17.4. The van der Waals surface area contributed by atoms with E-state index in [2.05, 4.69) is 108 Å². The van der Waals surface area contributed by atoms with E-state index in [4.69, 9.17) is 4.99 Å². The molecule has 2 unspecified atom stereocenters. The average molecular weight is 497 g/mol. The Morgan fingerprint density at radius 1 is 0.973 bits per heavy atom. The minimum absolute atomic E-state index is 0.0704. The summed E-state index contributed by atoms with van der Waals surface area (Å²) < 4.78 is 2.37. The molecular weight excluding hydrogens is 454 g/mol.